The minimum atomic E-state index is 0.899. The minimum Gasteiger partial charge on any atom is -0.464 e. The van der Waals surface area contributed by atoms with Crippen molar-refractivity contribution in [3.8, 4) is 33.6 Å². The first kappa shape index (κ1) is 13.6. The Hall–Kier alpha value is -3.06. The van der Waals surface area contributed by atoms with Crippen LogP contribution in [-0.2, 0) is 0 Å². The van der Waals surface area contributed by atoms with Gasteiger partial charge in [-0.2, -0.15) is 0 Å². The zero-order valence-electron chi connectivity index (χ0n) is 12.6. The van der Waals surface area contributed by atoms with E-state index in [9.17, 15) is 0 Å². The third-order valence-electron chi connectivity index (χ3n) is 4.02. The number of rotatable bonds is 3. The Kier molecular flexibility index (Phi) is 3.53. The Morgan fingerprint density at radius 2 is 0.870 bits per heavy atom. The summed E-state index contributed by atoms with van der Waals surface area (Å²) in [7, 11) is 0. The van der Waals surface area contributed by atoms with E-state index in [0.717, 1.165) is 11.3 Å². The fraction of sp³-hybridized carbons (Fsp3) is 0. The molecule has 1 heteroatoms. The van der Waals surface area contributed by atoms with Gasteiger partial charge in [0.05, 0.1) is 6.26 Å². The molecule has 0 radical (unpaired) electrons. The molecule has 0 aliphatic carbocycles. The molecule has 0 aliphatic heterocycles. The van der Waals surface area contributed by atoms with Crippen LogP contribution in [0, 0.1) is 0 Å². The van der Waals surface area contributed by atoms with Gasteiger partial charge in [-0.15, -0.1) is 0 Å². The SMILES string of the molecule is c1ccc(-c2ccc(-c3ccc(-c4ccco4)cc3)cc2)cc1. The second kappa shape index (κ2) is 5.98. The highest BCUT2D eigenvalue weighted by Gasteiger charge is 2.03. The quantitative estimate of drug-likeness (QED) is 0.433. The van der Waals surface area contributed by atoms with Crippen LogP contribution in [0.3, 0.4) is 0 Å². The second-order valence-electron chi connectivity index (χ2n) is 5.50. The number of benzene rings is 3. The van der Waals surface area contributed by atoms with E-state index in [4.69, 9.17) is 4.42 Å². The fourth-order valence-corrected chi connectivity index (χ4v) is 2.76. The fourth-order valence-electron chi connectivity index (χ4n) is 2.76. The highest BCUT2D eigenvalue weighted by molar-refractivity contribution is 5.72. The van der Waals surface area contributed by atoms with E-state index in [1.807, 2.05) is 18.2 Å². The molecule has 0 aliphatic rings. The number of furan rings is 1. The first-order valence-electron chi connectivity index (χ1n) is 7.70. The molecule has 0 fully saturated rings. The monoisotopic (exact) mass is 296 g/mol. The molecule has 3 aromatic carbocycles. The zero-order chi connectivity index (χ0) is 15.5. The molecule has 1 heterocycles. The number of hydrogen-bond donors (Lipinski definition) is 0. The van der Waals surface area contributed by atoms with Crippen molar-refractivity contribution in [2.45, 2.75) is 0 Å². The van der Waals surface area contributed by atoms with Gasteiger partial charge in [0.25, 0.3) is 0 Å². The van der Waals surface area contributed by atoms with Crippen molar-refractivity contribution in [2.75, 3.05) is 0 Å². The summed E-state index contributed by atoms with van der Waals surface area (Å²) in [6.07, 6.45) is 1.70. The molecule has 110 valence electrons. The van der Waals surface area contributed by atoms with E-state index in [1.54, 1.807) is 6.26 Å². The Morgan fingerprint density at radius 3 is 1.35 bits per heavy atom. The molecule has 4 rings (SSSR count). The summed E-state index contributed by atoms with van der Waals surface area (Å²) in [5, 5.41) is 0. The molecular weight excluding hydrogens is 280 g/mol. The molecule has 0 atom stereocenters. The van der Waals surface area contributed by atoms with Crippen molar-refractivity contribution in [3.63, 3.8) is 0 Å². The summed E-state index contributed by atoms with van der Waals surface area (Å²) in [6, 6.07) is 31.5. The maximum atomic E-state index is 5.43. The van der Waals surface area contributed by atoms with Crippen LogP contribution in [0.5, 0.6) is 0 Å². The average molecular weight is 296 g/mol. The van der Waals surface area contributed by atoms with Crippen LogP contribution in [0.1, 0.15) is 0 Å². The maximum Gasteiger partial charge on any atom is 0.133 e. The van der Waals surface area contributed by atoms with Crippen LogP contribution in [0.25, 0.3) is 33.6 Å². The van der Waals surface area contributed by atoms with Gasteiger partial charge in [0.2, 0.25) is 0 Å². The molecule has 0 amide bonds. The average Bonchev–Trinajstić information content (AvgIpc) is 3.18. The van der Waals surface area contributed by atoms with E-state index in [2.05, 4.69) is 72.8 Å². The van der Waals surface area contributed by atoms with E-state index < -0.39 is 0 Å². The Labute approximate surface area is 135 Å². The van der Waals surface area contributed by atoms with Crippen LogP contribution < -0.4 is 0 Å². The summed E-state index contributed by atoms with van der Waals surface area (Å²) in [5.74, 6) is 0.899. The molecule has 1 aromatic heterocycles. The summed E-state index contributed by atoms with van der Waals surface area (Å²) >= 11 is 0. The third kappa shape index (κ3) is 2.82. The first-order valence-corrected chi connectivity index (χ1v) is 7.70. The summed E-state index contributed by atoms with van der Waals surface area (Å²) in [4.78, 5) is 0. The first-order chi connectivity index (χ1) is 11.4. The van der Waals surface area contributed by atoms with Crippen LogP contribution in [0.15, 0.2) is 102 Å². The van der Waals surface area contributed by atoms with Gasteiger partial charge in [-0.05, 0) is 34.4 Å². The molecule has 0 N–H and O–H groups in total. The maximum absolute atomic E-state index is 5.43. The molecular formula is C22H16O. The highest BCUT2D eigenvalue weighted by atomic mass is 16.3. The van der Waals surface area contributed by atoms with Crippen molar-refractivity contribution >= 4 is 0 Å². The van der Waals surface area contributed by atoms with E-state index in [0.29, 0.717) is 0 Å². The van der Waals surface area contributed by atoms with Gasteiger partial charge in [0.1, 0.15) is 5.76 Å². The molecule has 0 spiro atoms. The highest BCUT2D eigenvalue weighted by Crippen LogP contribution is 2.27. The molecule has 0 unspecified atom stereocenters. The van der Waals surface area contributed by atoms with Gasteiger partial charge < -0.3 is 4.42 Å². The molecule has 0 saturated heterocycles. The summed E-state index contributed by atoms with van der Waals surface area (Å²) in [5.41, 5.74) is 6.00. The van der Waals surface area contributed by atoms with Gasteiger partial charge in [-0.1, -0.05) is 78.9 Å². The van der Waals surface area contributed by atoms with Crippen molar-refractivity contribution < 1.29 is 4.42 Å². The van der Waals surface area contributed by atoms with E-state index in [-0.39, 0.29) is 0 Å². The van der Waals surface area contributed by atoms with Gasteiger partial charge in [-0.25, -0.2) is 0 Å². The Bertz CT molecular complexity index is 871. The van der Waals surface area contributed by atoms with Gasteiger partial charge in [0, 0.05) is 5.56 Å². The van der Waals surface area contributed by atoms with Crippen LogP contribution in [0.2, 0.25) is 0 Å². The van der Waals surface area contributed by atoms with Crippen molar-refractivity contribution in [2.24, 2.45) is 0 Å². The molecule has 0 saturated carbocycles. The van der Waals surface area contributed by atoms with E-state index in [1.165, 1.54) is 22.3 Å². The number of hydrogen-bond acceptors (Lipinski definition) is 1. The van der Waals surface area contributed by atoms with Gasteiger partial charge in [-0.3, -0.25) is 0 Å². The van der Waals surface area contributed by atoms with Gasteiger partial charge >= 0.3 is 0 Å². The molecule has 23 heavy (non-hydrogen) atoms. The minimum absolute atomic E-state index is 0.899. The largest absolute Gasteiger partial charge is 0.464 e. The van der Waals surface area contributed by atoms with Crippen molar-refractivity contribution in [1.29, 1.82) is 0 Å². The summed E-state index contributed by atoms with van der Waals surface area (Å²) in [6.45, 7) is 0. The lowest BCUT2D eigenvalue weighted by Gasteiger charge is -2.06. The van der Waals surface area contributed by atoms with Crippen molar-refractivity contribution in [1.82, 2.24) is 0 Å². The summed E-state index contributed by atoms with van der Waals surface area (Å²) < 4.78 is 5.43. The van der Waals surface area contributed by atoms with Crippen LogP contribution in [-0.4, -0.2) is 0 Å². The van der Waals surface area contributed by atoms with Crippen molar-refractivity contribution in [3.05, 3.63) is 97.3 Å². The predicted octanol–water partition coefficient (Wildman–Crippen LogP) is 6.28. The topological polar surface area (TPSA) is 13.1 Å². The normalized spacial score (nSPS) is 10.6. The zero-order valence-corrected chi connectivity index (χ0v) is 12.6. The lowest BCUT2D eigenvalue weighted by molar-refractivity contribution is 0.582. The predicted molar refractivity (Wildman–Crippen MR) is 95.0 cm³/mol. The van der Waals surface area contributed by atoms with Crippen LogP contribution >= 0.6 is 0 Å². The smallest absolute Gasteiger partial charge is 0.133 e. The molecule has 0 bridgehead atoms. The molecule has 1 nitrogen and oxygen atoms in total. The second-order valence-corrected chi connectivity index (χ2v) is 5.50. The third-order valence-corrected chi connectivity index (χ3v) is 4.02. The van der Waals surface area contributed by atoms with Gasteiger partial charge in [0.15, 0.2) is 0 Å². The van der Waals surface area contributed by atoms with E-state index >= 15 is 0 Å². The Balaban J connectivity index is 1.61. The standard InChI is InChI=1S/C22H16O/c1-2-5-17(6-3-1)18-8-10-19(11-9-18)20-12-14-21(15-13-20)22-7-4-16-23-22/h1-16H. The lowest BCUT2D eigenvalue weighted by atomic mass is 9.99. The lowest BCUT2D eigenvalue weighted by Crippen LogP contribution is -1.81. The molecule has 4 aromatic rings. The van der Waals surface area contributed by atoms with Crippen LogP contribution in [0.4, 0.5) is 0 Å². The Morgan fingerprint density at radius 1 is 0.391 bits per heavy atom.